The number of ether oxygens (including phenoxy) is 1. The van der Waals surface area contributed by atoms with Crippen LogP contribution in [0, 0.1) is 24.2 Å². The Hall–Kier alpha value is -2.84. The molecule has 142 valence electrons. The smallest absolute Gasteiger partial charge is 0.338 e. The summed E-state index contributed by atoms with van der Waals surface area (Å²) < 4.78 is 5.75. The maximum Gasteiger partial charge on any atom is 0.338 e. The first-order valence-corrected chi connectivity index (χ1v) is 9.66. The van der Waals surface area contributed by atoms with Gasteiger partial charge in [-0.05, 0) is 49.6 Å². The number of esters is 1. The van der Waals surface area contributed by atoms with Crippen molar-refractivity contribution in [2.75, 3.05) is 4.90 Å². The molecule has 0 unspecified atom stereocenters. The Morgan fingerprint density at radius 2 is 1.96 bits per heavy atom. The highest BCUT2D eigenvalue weighted by atomic mass is 35.5. The highest BCUT2D eigenvalue weighted by Gasteiger charge is 2.50. The van der Waals surface area contributed by atoms with Crippen LogP contribution in [0.25, 0.3) is 0 Å². The largest absolute Gasteiger partial charge is 0.458 e. The number of anilines is 1. The topological polar surface area (TPSA) is 70.4 Å². The van der Waals surface area contributed by atoms with Crippen molar-refractivity contribution in [3.8, 4) is 6.07 Å². The molecule has 0 bridgehead atoms. The second kappa shape index (κ2) is 7.29. The number of benzene rings is 2. The normalized spacial score (nSPS) is 23.4. The SMILES string of the molecule is Cc1c(N2C(=O)C[C@@H]3[C@H](OC(=O)c4ccccc4)CC[C@@H]32)ccc(C#N)c1Cl. The van der Waals surface area contributed by atoms with Crippen LogP contribution in [0.3, 0.4) is 0 Å². The van der Waals surface area contributed by atoms with Crippen LogP contribution in [0.4, 0.5) is 5.69 Å². The molecule has 1 saturated carbocycles. The molecule has 2 fully saturated rings. The van der Waals surface area contributed by atoms with E-state index in [4.69, 9.17) is 21.6 Å². The minimum absolute atomic E-state index is 0.000616. The van der Waals surface area contributed by atoms with Gasteiger partial charge in [-0.1, -0.05) is 29.8 Å². The van der Waals surface area contributed by atoms with Crippen LogP contribution in [-0.4, -0.2) is 24.0 Å². The highest BCUT2D eigenvalue weighted by molar-refractivity contribution is 6.33. The Bertz CT molecular complexity index is 983. The molecule has 4 rings (SSSR count). The molecule has 0 spiro atoms. The van der Waals surface area contributed by atoms with Gasteiger partial charge in [0.25, 0.3) is 0 Å². The third-order valence-corrected chi connectivity index (χ3v) is 6.22. The molecule has 3 atom stereocenters. The fourth-order valence-corrected chi connectivity index (χ4v) is 4.55. The van der Waals surface area contributed by atoms with E-state index in [0.29, 0.717) is 22.6 Å². The highest BCUT2D eigenvalue weighted by Crippen LogP contribution is 2.44. The molecule has 1 saturated heterocycles. The lowest BCUT2D eigenvalue weighted by molar-refractivity contribution is -0.117. The van der Waals surface area contributed by atoms with Crippen LogP contribution in [0.2, 0.25) is 5.02 Å². The number of fused-ring (bicyclic) bond motifs is 1. The number of amides is 1. The minimum Gasteiger partial charge on any atom is -0.458 e. The zero-order chi connectivity index (χ0) is 19.8. The van der Waals surface area contributed by atoms with E-state index in [2.05, 4.69) is 6.07 Å². The average molecular weight is 395 g/mol. The van der Waals surface area contributed by atoms with E-state index in [1.807, 2.05) is 13.0 Å². The van der Waals surface area contributed by atoms with E-state index in [1.165, 1.54) is 0 Å². The molecular formula is C22H19ClN2O3. The Morgan fingerprint density at radius 1 is 1.21 bits per heavy atom. The van der Waals surface area contributed by atoms with E-state index in [-0.39, 0.29) is 29.9 Å². The molecule has 0 radical (unpaired) electrons. The fraction of sp³-hybridized carbons (Fsp3) is 0.318. The summed E-state index contributed by atoms with van der Waals surface area (Å²) in [5.74, 6) is -0.386. The van der Waals surface area contributed by atoms with Crippen LogP contribution >= 0.6 is 11.6 Å². The summed E-state index contributed by atoms with van der Waals surface area (Å²) in [5, 5.41) is 9.53. The Labute approximate surface area is 168 Å². The van der Waals surface area contributed by atoms with Crippen LogP contribution < -0.4 is 4.90 Å². The predicted octanol–water partition coefficient (Wildman–Crippen LogP) is 4.26. The van der Waals surface area contributed by atoms with Gasteiger partial charge in [0.05, 0.1) is 16.1 Å². The molecule has 2 aromatic carbocycles. The van der Waals surface area contributed by atoms with Gasteiger partial charge in [-0.15, -0.1) is 0 Å². The number of rotatable bonds is 3. The number of carbonyl (C=O) groups is 2. The first kappa shape index (κ1) is 18.5. The van der Waals surface area contributed by atoms with Crippen molar-refractivity contribution in [2.24, 2.45) is 5.92 Å². The second-order valence-electron chi connectivity index (χ2n) is 7.27. The Morgan fingerprint density at radius 3 is 2.68 bits per heavy atom. The zero-order valence-corrected chi connectivity index (χ0v) is 16.1. The lowest BCUT2D eigenvalue weighted by Gasteiger charge is -2.26. The van der Waals surface area contributed by atoms with Crippen LogP contribution in [0.1, 0.15) is 40.7 Å². The van der Waals surface area contributed by atoms with E-state index in [0.717, 1.165) is 24.1 Å². The van der Waals surface area contributed by atoms with Crippen molar-refractivity contribution in [3.63, 3.8) is 0 Å². The molecule has 2 aromatic rings. The van der Waals surface area contributed by atoms with E-state index in [9.17, 15) is 9.59 Å². The Balaban J connectivity index is 1.56. The van der Waals surface area contributed by atoms with Crippen molar-refractivity contribution in [1.29, 1.82) is 5.26 Å². The molecule has 1 aliphatic heterocycles. The van der Waals surface area contributed by atoms with Gasteiger partial charge >= 0.3 is 5.97 Å². The molecule has 0 aromatic heterocycles. The summed E-state index contributed by atoms with van der Waals surface area (Å²) in [5.41, 5.74) is 2.37. The minimum atomic E-state index is -0.352. The number of carbonyl (C=O) groups excluding carboxylic acids is 2. The van der Waals surface area contributed by atoms with Gasteiger partial charge in [0.15, 0.2) is 0 Å². The number of nitriles is 1. The molecule has 2 aliphatic rings. The molecular weight excluding hydrogens is 376 g/mol. The standard InChI is InChI=1S/C22H19ClN2O3/c1-13-17(8-7-15(12-24)21(13)23)25-18-9-10-19(16(18)11-20(25)26)28-22(27)14-5-3-2-4-6-14/h2-8,16,18-19H,9-11H2,1H3/t16-,18-,19+/m0/s1. The third kappa shape index (κ3) is 3.04. The van der Waals surface area contributed by atoms with E-state index >= 15 is 0 Å². The first-order chi connectivity index (χ1) is 13.5. The molecule has 6 heteroatoms. The van der Waals surface area contributed by atoms with Crippen molar-refractivity contribution in [2.45, 2.75) is 38.3 Å². The number of nitrogens with zero attached hydrogens (tertiary/aromatic N) is 2. The van der Waals surface area contributed by atoms with Gasteiger partial charge in [-0.3, -0.25) is 4.79 Å². The summed E-state index contributed by atoms with van der Waals surface area (Å²) in [6, 6.07) is 14.4. The molecule has 28 heavy (non-hydrogen) atoms. The average Bonchev–Trinajstić information content (AvgIpc) is 3.23. The summed E-state index contributed by atoms with van der Waals surface area (Å²) in [7, 11) is 0. The third-order valence-electron chi connectivity index (χ3n) is 5.74. The molecule has 1 amide bonds. The summed E-state index contributed by atoms with van der Waals surface area (Å²) in [6.07, 6.45) is 1.55. The van der Waals surface area contributed by atoms with Crippen molar-refractivity contribution in [3.05, 3.63) is 64.2 Å². The van der Waals surface area contributed by atoms with Gasteiger partial charge in [-0.25, -0.2) is 4.79 Å². The maximum absolute atomic E-state index is 12.8. The zero-order valence-electron chi connectivity index (χ0n) is 15.4. The number of hydrogen-bond donors (Lipinski definition) is 0. The molecule has 0 N–H and O–H groups in total. The van der Waals surface area contributed by atoms with Gasteiger partial charge < -0.3 is 9.64 Å². The fourth-order valence-electron chi connectivity index (χ4n) is 4.35. The van der Waals surface area contributed by atoms with Crippen LogP contribution in [-0.2, 0) is 9.53 Å². The molecule has 1 aliphatic carbocycles. The Kier molecular flexibility index (Phi) is 4.82. The first-order valence-electron chi connectivity index (χ1n) is 9.28. The quantitative estimate of drug-likeness (QED) is 0.729. The predicted molar refractivity (Wildman–Crippen MR) is 105 cm³/mol. The molecule has 1 heterocycles. The van der Waals surface area contributed by atoms with Gasteiger partial charge in [0.2, 0.25) is 5.91 Å². The summed E-state index contributed by atoms with van der Waals surface area (Å²) >= 11 is 6.30. The lowest BCUT2D eigenvalue weighted by Crippen LogP contribution is -2.34. The van der Waals surface area contributed by atoms with Crippen LogP contribution in [0.15, 0.2) is 42.5 Å². The maximum atomic E-state index is 12.8. The number of halogens is 1. The van der Waals surface area contributed by atoms with Gasteiger partial charge in [-0.2, -0.15) is 5.26 Å². The van der Waals surface area contributed by atoms with Gasteiger partial charge in [0.1, 0.15) is 12.2 Å². The van der Waals surface area contributed by atoms with E-state index in [1.54, 1.807) is 41.3 Å². The summed E-state index contributed by atoms with van der Waals surface area (Å²) in [6.45, 7) is 1.82. The van der Waals surface area contributed by atoms with Crippen LogP contribution in [0.5, 0.6) is 0 Å². The monoisotopic (exact) mass is 394 g/mol. The molecule has 5 nitrogen and oxygen atoms in total. The summed E-state index contributed by atoms with van der Waals surface area (Å²) in [4.78, 5) is 27.0. The van der Waals surface area contributed by atoms with Crippen molar-refractivity contribution >= 4 is 29.2 Å². The van der Waals surface area contributed by atoms with E-state index < -0.39 is 0 Å². The second-order valence-corrected chi connectivity index (χ2v) is 7.65. The van der Waals surface area contributed by atoms with Gasteiger partial charge in [0, 0.05) is 24.1 Å². The lowest BCUT2D eigenvalue weighted by atomic mass is 10.0. The number of hydrogen-bond acceptors (Lipinski definition) is 4. The van der Waals surface area contributed by atoms with Crippen molar-refractivity contribution in [1.82, 2.24) is 0 Å². The van der Waals surface area contributed by atoms with Crippen molar-refractivity contribution < 1.29 is 14.3 Å².